The molecule has 192 valence electrons. The van der Waals surface area contributed by atoms with E-state index in [0.717, 1.165) is 44.9 Å². The van der Waals surface area contributed by atoms with Gasteiger partial charge in [0, 0.05) is 0 Å². The highest BCUT2D eigenvalue weighted by Gasteiger charge is 2.71. The Morgan fingerprint density at radius 2 is 1.53 bits per heavy atom. The van der Waals surface area contributed by atoms with Crippen LogP contribution in [0.2, 0.25) is 0 Å². The average molecular weight is 473 g/mol. The fourth-order valence-electron chi connectivity index (χ4n) is 10.7. The number of carbonyl (C=O) groups is 1. The molecule has 5 aliphatic carbocycles. The number of aliphatic hydroxyl groups excluding tert-OH is 2. The van der Waals surface area contributed by atoms with E-state index in [0.29, 0.717) is 24.7 Å². The van der Waals surface area contributed by atoms with Crippen LogP contribution in [0.4, 0.5) is 0 Å². The minimum atomic E-state index is -1.04. The minimum absolute atomic E-state index is 0.0218. The Morgan fingerprint density at radius 1 is 0.853 bits per heavy atom. The second-order valence-corrected chi connectivity index (χ2v) is 15.2. The van der Waals surface area contributed by atoms with Crippen molar-refractivity contribution < 1.29 is 20.1 Å². The highest BCUT2D eigenvalue weighted by atomic mass is 16.4. The molecule has 0 aromatic carbocycles. The van der Waals surface area contributed by atoms with Crippen LogP contribution in [0.15, 0.2) is 11.6 Å². The zero-order chi connectivity index (χ0) is 25.1. The van der Waals surface area contributed by atoms with E-state index >= 15 is 0 Å². The van der Waals surface area contributed by atoms with E-state index in [1.165, 1.54) is 5.57 Å². The van der Waals surface area contributed by atoms with Crippen LogP contribution >= 0.6 is 0 Å². The quantitative estimate of drug-likeness (QED) is 0.397. The van der Waals surface area contributed by atoms with Crippen molar-refractivity contribution in [2.24, 2.45) is 50.2 Å². The molecule has 4 saturated carbocycles. The Hall–Kier alpha value is -0.870. The van der Waals surface area contributed by atoms with Gasteiger partial charge in [0.05, 0.1) is 12.2 Å². The standard InChI is InChI=1S/C30H48O4/c1-25(2)14-15-30(24(33)34)19(16-25)18-8-9-21-27(5)12-11-22(31)26(3,4)20(27)10-13-28(21,6)29(18,7)17-23(30)32/h8,19-23,31-32H,9-17H2,1-7H3,(H,33,34)/t19-,20-,21-,22+,23-,27+,28-,29-,30-/m1/s1. The lowest BCUT2D eigenvalue weighted by Gasteiger charge is -2.71. The number of hydrogen-bond donors (Lipinski definition) is 3. The molecule has 5 rings (SSSR count). The van der Waals surface area contributed by atoms with Gasteiger partial charge in [-0.05, 0) is 103 Å². The third kappa shape index (κ3) is 2.82. The zero-order valence-electron chi connectivity index (χ0n) is 22.6. The summed E-state index contributed by atoms with van der Waals surface area (Å²) in [4.78, 5) is 12.8. The van der Waals surface area contributed by atoms with Crippen molar-refractivity contribution in [1.82, 2.24) is 0 Å². The molecule has 9 atom stereocenters. The van der Waals surface area contributed by atoms with Crippen molar-refractivity contribution >= 4 is 5.97 Å². The number of carboxylic acid groups (broad SMARTS) is 1. The number of allylic oxidation sites excluding steroid dienone is 2. The first kappa shape index (κ1) is 24.8. The van der Waals surface area contributed by atoms with E-state index in [4.69, 9.17) is 0 Å². The summed E-state index contributed by atoms with van der Waals surface area (Å²) in [6, 6.07) is 0. The summed E-state index contributed by atoms with van der Waals surface area (Å²) in [5.41, 5.74) is 0.295. The molecule has 5 aliphatic rings. The van der Waals surface area contributed by atoms with Crippen molar-refractivity contribution in [3.63, 3.8) is 0 Å². The van der Waals surface area contributed by atoms with Crippen LogP contribution in [-0.2, 0) is 4.79 Å². The lowest BCUT2D eigenvalue weighted by atomic mass is 9.33. The van der Waals surface area contributed by atoms with E-state index < -0.39 is 17.5 Å². The Labute approximate surface area is 206 Å². The van der Waals surface area contributed by atoms with Crippen LogP contribution in [0.1, 0.15) is 106 Å². The van der Waals surface area contributed by atoms with Gasteiger partial charge in [0.25, 0.3) is 0 Å². The number of aliphatic hydroxyl groups is 2. The maximum atomic E-state index is 12.8. The maximum absolute atomic E-state index is 12.8. The molecule has 3 N–H and O–H groups in total. The fourth-order valence-corrected chi connectivity index (χ4v) is 10.7. The highest BCUT2D eigenvalue weighted by molar-refractivity contribution is 5.77. The summed E-state index contributed by atoms with van der Waals surface area (Å²) in [6.45, 7) is 16.4. The van der Waals surface area contributed by atoms with Gasteiger partial charge >= 0.3 is 5.97 Å². The van der Waals surface area contributed by atoms with Crippen LogP contribution in [0.3, 0.4) is 0 Å². The Morgan fingerprint density at radius 3 is 2.18 bits per heavy atom. The smallest absolute Gasteiger partial charge is 0.312 e. The minimum Gasteiger partial charge on any atom is -0.481 e. The molecule has 0 amide bonds. The van der Waals surface area contributed by atoms with Crippen molar-refractivity contribution in [1.29, 1.82) is 0 Å². The van der Waals surface area contributed by atoms with E-state index in [2.05, 4.69) is 54.5 Å². The van der Waals surface area contributed by atoms with Gasteiger partial charge in [0.15, 0.2) is 0 Å². The lowest BCUT2D eigenvalue weighted by molar-refractivity contribution is -0.218. The molecule has 0 aromatic rings. The third-order valence-corrected chi connectivity index (χ3v) is 13.1. The van der Waals surface area contributed by atoms with Gasteiger partial charge < -0.3 is 15.3 Å². The summed E-state index contributed by atoms with van der Waals surface area (Å²) in [7, 11) is 0. The van der Waals surface area contributed by atoms with Crippen molar-refractivity contribution in [3.8, 4) is 0 Å². The Bertz CT molecular complexity index is 919. The molecular weight excluding hydrogens is 424 g/mol. The highest BCUT2D eigenvalue weighted by Crippen LogP contribution is 2.75. The summed E-state index contributed by atoms with van der Waals surface area (Å²) >= 11 is 0. The molecule has 34 heavy (non-hydrogen) atoms. The number of hydrogen-bond acceptors (Lipinski definition) is 3. The lowest BCUT2D eigenvalue weighted by Crippen LogP contribution is -2.67. The van der Waals surface area contributed by atoms with Gasteiger partial charge in [-0.3, -0.25) is 4.79 Å². The van der Waals surface area contributed by atoms with Crippen LogP contribution in [0, 0.1) is 50.2 Å². The normalized spacial score (nSPS) is 53.4. The second kappa shape index (κ2) is 7.12. The van der Waals surface area contributed by atoms with Gasteiger partial charge in [-0.15, -0.1) is 0 Å². The summed E-state index contributed by atoms with van der Waals surface area (Å²) < 4.78 is 0. The van der Waals surface area contributed by atoms with Crippen LogP contribution in [-0.4, -0.2) is 33.5 Å². The molecule has 0 unspecified atom stereocenters. The SMILES string of the molecule is CC1(C)CC[C@]2(C(=O)O)[C@H](O)C[C@]3(C)C(=CC[C@@H]4[C@@]5(C)CC[C@H](O)C(C)(C)[C@H]5CC[C@]43C)[C@H]2C1. The Kier molecular flexibility index (Phi) is 5.20. The molecule has 0 aromatic heterocycles. The average Bonchev–Trinajstić information content (AvgIpc) is 2.71. The molecular formula is C30H48O4. The van der Waals surface area contributed by atoms with Gasteiger partial charge in [0.2, 0.25) is 0 Å². The molecule has 4 heteroatoms. The summed E-state index contributed by atoms with van der Waals surface area (Å²) in [5, 5.41) is 33.1. The van der Waals surface area contributed by atoms with Gasteiger partial charge in [-0.1, -0.05) is 60.1 Å². The topological polar surface area (TPSA) is 77.8 Å². The Balaban J connectivity index is 1.63. The predicted octanol–water partition coefficient (Wildman–Crippen LogP) is 6.20. The van der Waals surface area contributed by atoms with Crippen LogP contribution < -0.4 is 0 Å². The number of fused-ring (bicyclic) bond motifs is 7. The summed E-state index contributed by atoms with van der Waals surface area (Å²) in [6.07, 6.45) is 9.35. The van der Waals surface area contributed by atoms with Crippen LogP contribution in [0.25, 0.3) is 0 Å². The molecule has 0 radical (unpaired) electrons. The molecule has 0 aliphatic heterocycles. The van der Waals surface area contributed by atoms with Crippen LogP contribution in [0.5, 0.6) is 0 Å². The molecule has 0 bridgehead atoms. The number of rotatable bonds is 1. The van der Waals surface area contributed by atoms with Crippen molar-refractivity contribution in [2.75, 3.05) is 0 Å². The third-order valence-electron chi connectivity index (χ3n) is 13.1. The maximum Gasteiger partial charge on any atom is 0.312 e. The molecule has 0 spiro atoms. The molecule has 0 heterocycles. The molecule has 0 saturated heterocycles. The number of carboxylic acids is 1. The first-order valence-electron chi connectivity index (χ1n) is 13.9. The fraction of sp³-hybridized carbons (Fsp3) is 0.900. The van der Waals surface area contributed by atoms with E-state index in [9.17, 15) is 20.1 Å². The molecule has 4 nitrogen and oxygen atoms in total. The first-order chi connectivity index (χ1) is 15.6. The van der Waals surface area contributed by atoms with Gasteiger partial charge in [-0.2, -0.15) is 0 Å². The van der Waals surface area contributed by atoms with Crippen molar-refractivity contribution in [2.45, 2.75) is 118 Å². The van der Waals surface area contributed by atoms with E-state index in [-0.39, 0.29) is 39.1 Å². The summed E-state index contributed by atoms with van der Waals surface area (Å²) in [5.74, 6) is 0.0888. The van der Waals surface area contributed by atoms with E-state index in [1.54, 1.807) is 0 Å². The van der Waals surface area contributed by atoms with Gasteiger partial charge in [0.1, 0.15) is 5.41 Å². The molecule has 4 fully saturated rings. The number of aliphatic carboxylic acids is 1. The zero-order valence-corrected chi connectivity index (χ0v) is 22.6. The second-order valence-electron chi connectivity index (χ2n) is 15.2. The largest absolute Gasteiger partial charge is 0.481 e. The van der Waals surface area contributed by atoms with E-state index in [1.807, 2.05) is 0 Å². The monoisotopic (exact) mass is 472 g/mol. The van der Waals surface area contributed by atoms with Gasteiger partial charge in [-0.25, -0.2) is 0 Å². The first-order valence-corrected chi connectivity index (χ1v) is 13.9. The predicted molar refractivity (Wildman–Crippen MR) is 134 cm³/mol. The van der Waals surface area contributed by atoms with Crippen molar-refractivity contribution in [3.05, 3.63) is 11.6 Å².